The molecule has 1 amide bonds. The summed E-state index contributed by atoms with van der Waals surface area (Å²) in [5.41, 5.74) is 2.50. The molecule has 0 bridgehead atoms. The van der Waals surface area contributed by atoms with Crippen molar-refractivity contribution >= 4 is 28.6 Å². The number of nitrogens with zero attached hydrogens (tertiary/aromatic N) is 2. The first-order chi connectivity index (χ1) is 17.2. The highest BCUT2D eigenvalue weighted by molar-refractivity contribution is 7.99. The van der Waals surface area contributed by atoms with Crippen molar-refractivity contribution < 1.29 is 18.0 Å². The minimum Gasteiger partial charge on any atom is -0.346 e. The summed E-state index contributed by atoms with van der Waals surface area (Å²) in [5.74, 6) is 0.738. The monoisotopic (exact) mass is 511 g/mol. The third-order valence-electron chi connectivity index (χ3n) is 5.93. The molecule has 1 N–H and O–H groups in total. The van der Waals surface area contributed by atoms with Gasteiger partial charge in [0.2, 0.25) is 0 Å². The Morgan fingerprint density at radius 3 is 2.53 bits per heavy atom. The van der Waals surface area contributed by atoms with Gasteiger partial charge in [-0.1, -0.05) is 25.1 Å². The molecule has 0 aliphatic carbocycles. The number of hydrogen-bond acceptors (Lipinski definition) is 3. The molecule has 0 radical (unpaired) electrons. The fraction of sp³-hybridized carbons (Fsp3) is 0.286. The molecular weight excluding hydrogens is 483 g/mol. The zero-order valence-electron chi connectivity index (χ0n) is 20.4. The number of benzene rings is 2. The van der Waals surface area contributed by atoms with Crippen LogP contribution in [0.1, 0.15) is 59.7 Å². The Kier molecular flexibility index (Phi) is 7.73. The van der Waals surface area contributed by atoms with Crippen molar-refractivity contribution in [3.8, 4) is 0 Å². The maximum absolute atomic E-state index is 13.5. The first kappa shape index (κ1) is 25.8. The predicted molar refractivity (Wildman–Crippen MR) is 138 cm³/mol. The molecular formula is C28H28F3N3OS. The van der Waals surface area contributed by atoms with Crippen LogP contribution in [0.3, 0.4) is 0 Å². The summed E-state index contributed by atoms with van der Waals surface area (Å²) in [7, 11) is 0. The maximum Gasteiger partial charge on any atom is 0.416 e. The van der Waals surface area contributed by atoms with Gasteiger partial charge in [-0.3, -0.25) is 9.78 Å². The molecule has 0 aliphatic heterocycles. The SMILES string of the molecule is CCSc1ccc(CNC(=O)c2ccc3c(c2)cc(Cc2ccccc2C(F)(F)F)n3C(C)C)nc1. The maximum atomic E-state index is 13.5. The first-order valence-electron chi connectivity index (χ1n) is 11.8. The number of nitrogens with one attached hydrogen (secondary N) is 1. The lowest BCUT2D eigenvalue weighted by Gasteiger charge is -2.17. The van der Waals surface area contributed by atoms with Gasteiger partial charge in [-0.15, -0.1) is 11.8 Å². The number of fused-ring (bicyclic) bond motifs is 1. The number of thioether (sulfide) groups is 1. The van der Waals surface area contributed by atoms with Gasteiger partial charge >= 0.3 is 6.18 Å². The highest BCUT2D eigenvalue weighted by Gasteiger charge is 2.33. The lowest BCUT2D eigenvalue weighted by atomic mass is 10.0. The van der Waals surface area contributed by atoms with Gasteiger partial charge < -0.3 is 9.88 Å². The molecule has 2 aromatic heterocycles. The largest absolute Gasteiger partial charge is 0.416 e. The van der Waals surface area contributed by atoms with Gasteiger partial charge in [0.05, 0.1) is 17.8 Å². The summed E-state index contributed by atoms with van der Waals surface area (Å²) < 4.78 is 42.7. The second kappa shape index (κ2) is 10.8. The molecule has 188 valence electrons. The number of alkyl halides is 3. The highest BCUT2D eigenvalue weighted by Crippen LogP contribution is 2.34. The summed E-state index contributed by atoms with van der Waals surface area (Å²) in [5, 5.41) is 3.71. The molecule has 2 heterocycles. The van der Waals surface area contributed by atoms with Crippen LogP contribution in [0.4, 0.5) is 13.2 Å². The van der Waals surface area contributed by atoms with E-state index in [9.17, 15) is 18.0 Å². The second-order valence-corrected chi connectivity index (χ2v) is 10.1. The van der Waals surface area contributed by atoms with Gasteiger partial charge in [0, 0.05) is 45.7 Å². The number of halogens is 3. The lowest BCUT2D eigenvalue weighted by Crippen LogP contribution is -2.23. The first-order valence-corrected chi connectivity index (χ1v) is 12.8. The molecule has 4 rings (SSSR count). The van der Waals surface area contributed by atoms with Crippen LogP contribution in [0.15, 0.2) is 71.8 Å². The quantitative estimate of drug-likeness (QED) is 0.253. The summed E-state index contributed by atoms with van der Waals surface area (Å²) in [6, 6.07) is 16.9. The van der Waals surface area contributed by atoms with Crippen LogP contribution in [-0.2, 0) is 19.1 Å². The van der Waals surface area contributed by atoms with Crippen molar-refractivity contribution in [2.45, 2.75) is 50.9 Å². The number of hydrogen-bond donors (Lipinski definition) is 1. The van der Waals surface area contributed by atoms with Crippen LogP contribution in [0, 0.1) is 0 Å². The number of amides is 1. The molecule has 8 heteroatoms. The Labute approximate surface area is 212 Å². The van der Waals surface area contributed by atoms with Crippen molar-refractivity contribution in [1.82, 2.24) is 14.9 Å². The van der Waals surface area contributed by atoms with Crippen LogP contribution >= 0.6 is 11.8 Å². The van der Waals surface area contributed by atoms with E-state index in [2.05, 4.69) is 17.2 Å². The minimum absolute atomic E-state index is 0.0372. The second-order valence-electron chi connectivity index (χ2n) is 8.81. The number of aromatic nitrogens is 2. The van der Waals surface area contributed by atoms with Gasteiger partial charge in [0.15, 0.2) is 0 Å². The normalized spacial score (nSPS) is 11.9. The zero-order chi connectivity index (χ0) is 25.9. The standard InChI is InChI=1S/C28H28F3N3OS/c1-4-36-24-11-10-22(32-17-24)16-33-27(35)20-9-12-26-21(13-20)15-23(34(26)18(2)3)14-19-7-5-6-8-25(19)28(29,30)31/h5-13,15,17-18H,4,14,16H2,1-3H3,(H,33,35). The third kappa shape index (κ3) is 5.75. The van der Waals surface area contributed by atoms with Crippen molar-refractivity contribution in [3.05, 3.63) is 94.9 Å². The lowest BCUT2D eigenvalue weighted by molar-refractivity contribution is -0.138. The average Bonchev–Trinajstić information content (AvgIpc) is 3.20. The van der Waals surface area contributed by atoms with E-state index in [4.69, 9.17) is 0 Å². The molecule has 0 saturated carbocycles. The molecule has 4 aromatic rings. The van der Waals surface area contributed by atoms with Gasteiger partial charge in [-0.2, -0.15) is 13.2 Å². The number of carbonyl (C=O) groups is 1. The number of rotatable bonds is 8. The molecule has 0 aliphatic rings. The van der Waals surface area contributed by atoms with Gasteiger partial charge in [0.1, 0.15) is 0 Å². The van der Waals surface area contributed by atoms with Gasteiger partial charge in [-0.25, -0.2) is 0 Å². The summed E-state index contributed by atoms with van der Waals surface area (Å²) in [4.78, 5) is 18.3. The Morgan fingerprint density at radius 1 is 1.08 bits per heavy atom. The van der Waals surface area contributed by atoms with E-state index in [1.807, 2.05) is 42.7 Å². The summed E-state index contributed by atoms with van der Waals surface area (Å²) in [6.07, 6.45) is -2.47. The Morgan fingerprint density at radius 2 is 1.86 bits per heavy atom. The van der Waals surface area contributed by atoms with Crippen LogP contribution in [-0.4, -0.2) is 21.2 Å². The minimum atomic E-state index is -4.42. The van der Waals surface area contributed by atoms with Crippen LogP contribution < -0.4 is 5.32 Å². The Hall–Kier alpha value is -3.26. The van der Waals surface area contributed by atoms with Crippen LogP contribution in [0.5, 0.6) is 0 Å². The zero-order valence-corrected chi connectivity index (χ0v) is 21.2. The fourth-order valence-corrected chi connectivity index (χ4v) is 4.99. The van der Waals surface area contributed by atoms with Crippen LogP contribution in [0.25, 0.3) is 10.9 Å². The molecule has 4 nitrogen and oxygen atoms in total. The van der Waals surface area contributed by atoms with Crippen molar-refractivity contribution in [2.24, 2.45) is 0 Å². The van der Waals surface area contributed by atoms with Crippen LogP contribution in [0.2, 0.25) is 0 Å². The Bertz CT molecular complexity index is 1360. The van der Waals surface area contributed by atoms with Crippen molar-refractivity contribution in [2.75, 3.05) is 5.75 Å². The molecule has 36 heavy (non-hydrogen) atoms. The van der Waals surface area contributed by atoms with E-state index in [1.54, 1.807) is 36.2 Å². The summed E-state index contributed by atoms with van der Waals surface area (Å²) in [6.45, 7) is 6.38. The number of pyridine rings is 1. The molecule has 0 atom stereocenters. The molecule has 0 fully saturated rings. The van der Waals surface area contributed by atoms with Crippen molar-refractivity contribution in [3.63, 3.8) is 0 Å². The molecule has 0 saturated heterocycles. The van der Waals surface area contributed by atoms with E-state index >= 15 is 0 Å². The Balaban J connectivity index is 1.58. The third-order valence-corrected chi connectivity index (χ3v) is 6.79. The molecule has 0 unspecified atom stereocenters. The summed E-state index contributed by atoms with van der Waals surface area (Å²) >= 11 is 1.71. The van der Waals surface area contributed by atoms with Gasteiger partial charge in [0.25, 0.3) is 5.91 Å². The molecule has 0 spiro atoms. The van der Waals surface area contributed by atoms with E-state index in [1.165, 1.54) is 12.1 Å². The topological polar surface area (TPSA) is 46.9 Å². The van der Waals surface area contributed by atoms with E-state index in [-0.39, 0.29) is 23.9 Å². The van der Waals surface area contributed by atoms with Gasteiger partial charge in [-0.05, 0) is 67.6 Å². The molecule has 2 aromatic carbocycles. The smallest absolute Gasteiger partial charge is 0.346 e. The van der Waals surface area contributed by atoms with E-state index in [0.717, 1.165) is 39.0 Å². The highest BCUT2D eigenvalue weighted by atomic mass is 32.2. The van der Waals surface area contributed by atoms with E-state index < -0.39 is 11.7 Å². The fourth-order valence-electron chi connectivity index (χ4n) is 4.37. The van der Waals surface area contributed by atoms with Crippen molar-refractivity contribution in [1.29, 1.82) is 0 Å². The predicted octanol–water partition coefficient (Wildman–Crippen LogP) is 7.27. The van der Waals surface area contributed by atoms with E-state index in [0.29, 0.717) is 12.1 Å². The number of carbonyl (C=O) groups excluding carboxylic acids is 1. The average molecular weight is 512 g/mol.